The Morgan fingerprint density at radius 3 is 2.32 bits per heavy atom. The predicted molar refractivity (Wildman–Crippen MR) is 93.5 cm³/mol. The molecular weight excluding hydrogens is 320 g/mol. The Balaban J connectivity index is 2.24. The van der Waals surface area contributed by atoms with E-state index in [9.17, 15) is 14.7 Å². The van der Waals surface area contributed by atoms with E-state index >= 15 is 0 Å². The summed E-state index contributed by atoms with van der Waals surface area (Å²) in [5.41, 5.74) is 0.900. The molecule has 2 aromatic rings. The highest BCUT2D eigenvalue weighted by Gasteiger charge is 2.27. The van der Waals surface area contributed by atoms with Gasteiger partial charge in [-0.1, -0.05) is 36.4 Å². The van der Waals surface area contributed by atoms with Crippen LogP contribution in [0.15, 0.2) is 48.5 Å². The van der Waals surface area contributed by atoms with Crippen LogP contribution in [0, 0.1) is 5.92 Å². The Bertz CT molecular complexity index is 731. The fourth-order valence-electron chi connectivity index (χ4n) is 2.36. The zero-order chi connectivity index (χ0) is 18.4. The highest BCUT2D eigenvalue weighted by Crippen LogP contribution is 2.23. The second kappa shape index (κ2) is 8.28. The van der Waals surface area contributed by atoms with Crippen LogP contribution in [0.5, 0.6) is 5.88 Å². The van der Waals surface area contributed by atoms with Crippen molar-refractivity contribution in [3.63, 3.8) is 0 Å². The van der Waals surface area contributed by atoms with Gasteiger partial charge in [-0.3, -0.25) is 9.59 Å². The molecule has 0 aliphatic heterocycles. The number of carbonyl (C=O) groups excluding carboxylic acids is 1. The molecule has 6 nitrogen and oxygen atoms in total. The van der Waals surface area contributed by atoms with E-state index in [0.717, 1.165) is 5.56 Å². The molecule has 0 spiro atoms. The molecule has 0 bridgehead atoms. The molecule has 6 heteroatoms. The van der Waals surface area contributed by atoms with Crippen molar-refractivity contribution in [1.82, 2.24) is 10.3 Å². The molecule has 2 unspecified atom stereocenters. The summed E-state index contributed by atoms with van der Waals surface area (Å²) >= 11 is 0. The monoisotopic (exact) mass is 342 g/mol. The third kappa shape index (κ3) is 5.04. The number of rotatable bonds is 7. The summed E-state index contributed by atoms with van der Waals surface area (Å²) in [5, 5.41) is 12.1. The molecule has 0 saturated heterocycles. The van der Waals surface area contributed by atoms with E-state index < -0.39 is 23.8 Å². The van der Waals surface area contributed by atoms with Crippen LogP contribution in [0.1, 0.15) is 42.9 Å². The van der Waals surface area contributed by atoms with Gasteiger partial charge in [0.25, 0.3) is 5.91 Å². The van der Waals surface area contributed by atoms with Crippen molar-refractivity contribution in [3.05, 3.63) is 59.8 Å². The van der Waals surface area contributed by atoms with Gasteiger partial charge in [0.1, 0.15) is 5.69 Å². The summed E-state index contributed by atoms with van der Waals surface area (Å²) in [6, 6.07) is 13.3. The maximum Gasteiger partial charge on any atom is 0.308 e. The number of ether oxygens (including phenoxy) is 1. The molecule has 2 atom stereocenters. The van der Waals surface area contributed by atoms with E-state index in [4.69, 9.17) is 4.74 Å². The van der Waals surface area contributed by atoms with E-state index in [2.05, 4.69) is 10.3 Å². The predicted octanol–water partition coefficient (Wildman–Crippen LogP) is 3.06. The highest BCUT2D eigenvalue weighted by molar-refractivity contribution is 5.93. The van der Waals surface area contributed by atoms with Crippen LogP contribution < -0.4 is 10.1 Å². The van der Waals surface area contributed by atoms with Crippen molar-refractivity contribution in [3.8, 4) is 5.88 Å². The summed E-state index contributed by atoms with van der Waals surface area (Å²) in [5.74, 6) is -1.87. The maximum absolute atomic E-state index is 12.6. The Kier molecular flexibility index (Phi) is 6.11. The molecule has 132 valence electrons. The number of pyridine rings is 1. The van der Waals surface area contributed by atoms with Gasteiger partial charge >= 0.3 is 5.97 Å². The van der Waals surface area contributed by atoms with Crippen molar-refractivity contribution < 1.29 is 19.4 Å². The van der Waals surface area contributed by atoms with Crippen LogP contribution in [0.2, 0.25) is 0 Å². The summed E-state index contributed by atoms with van der Waals surface area (Å²) < 4.78 is 5.50. The number of hydrogen-bond acceptors (Lipinski definition) is 4. The number of benzene rings is 1. The lowest BCUT2D eigenvalue weighted by atomic mass is 9.94. The molecule has 0 fully saturated rings. The van der Waals surface area contributed by atoms with Gasteiger partial charge in [-0.15, -0.1) is 0 Å². The van der Waals surface area contributed by atoms with Crippen molar-refractivity contribution >= 4 is 11.9 Å². The van der Waals surface area contributed by atoms with Gasteiger partial charge in [-0.25, -0.2) is 4.98 Å². The van der Waals surface area contributed by atoms with Gasteiger partial charge in [0.05, 0.1) is 18.1 Å². The lowest BCUT2D eigenvalue weighted by Gasteiger charge is -2.23. The molecule has 1 heterocycles. The SMILES string of the molecule is CC(C)Oc1cccc(C(=O)NC(c2ccccc2)C(C)C(=O)O)n1. The minimum Gasteiger partial charge on any atom is -0.481 e. The van der Waals surface area contributed by atoms with Crippen LogP contribution in [-0.2, 0) is 4.79 Å². The summed E-state index contributed by atoms with van der Waals surface area (Å²) in [4.78, 5) is 28.2. The molecular formula is C19H22N2O4. The number of nitrogens with zero attached hydrogens (tertiary/aromatic N) is 1. The molecule has 0 saturated carbocycles. The molecule has 2 N–H and O–H groups in total. The standard InChI is InChI=1S/C19H22N2O4/c1-12(2)25-16-11-7-10-15(20-16)18(22)21-17(13(3)19(23)24)14-8-5-4-6-9-14/h4-13,17H,1-3H3,(H,21,22)(H,23,24). The summed E-state index contributed by atoms with van der Waals surface area (Å²) in [6.45, 7) is 5.30. The minimum absolute atomic E-state index is 0.0603. The lowest BCUT2D eigenvalue weighted by molar-refractivity contribution is -0.142. The first-order valence-corrected chi connectivity index (χ1v) is 8.11. The third-order valence-corrected chi connectivity index (χ3v) is 3.65. The molecule has 2 rings (SSSR count). The quantitative estimate of drug-likeness (QED) is 0.807. The average Bonchev–Trinajstić information content (AvgIpc) is 2.59. The Morgan fingerprint density at radius 2 is 1.72 bits per heavy atom. The first-order chi connectivity index (χ1) is 11.9. The maximum atomic E-state index is 12.6. The second-order valence-electron chi connectivity index (χ2n) is 6.02. The van der Waals surface area contributed by atoms with Gasteiger partial charge in [-0.05, 0) is 32.4 Å². The van der Waals surface area contributed by atoms with Gasteiger partial charge in [0.15, 0.2) is 0 Å². The lowest BCUT2D eigenvalue weighted by Crippen LogP contribution is -2.36. The number of aromatic nitrogens is 1. The summed E-state index contributed by atoms with van der Waals surface area (Å²) in [7, 11) is 0. The number of carbonyl (C=O) groups is 2. The molecule has 1 aromatic carbocycles. The van der Waals surface area contributed by atoms with Gasteiger partial charge in [-0.2, -0.15) is 0 Å². The molecule has 0 aliphatic rings. The van der Waals surface area contributed by atoms with Crippen molar-refractivity contribution in [2.75, 3.05) is 0 Å². The van der Waals surface area contributed by atoms with Gasteiger partial charge in [0, 0.05) is 6.07 Å². The van der Waals surface area contributed by atoms with E-state index in [1.807, 2.05) is 19.9 Å². The van der Waals surface area contributed by atoms with Crippen LogP contribution in [0.3, 0.4) is 0 Å². The second-order valence-corrected chi connectivity index (χ2v) is 6.02. The Morgan fingerprint density at radius 1 is 1.04 bits per heavy atom. The number of carboxylic acids is 1. The molecule has 0 radical (unpaired) electrons. The van der Waals surface area contributed by atoms with Crippen molar-refractivity contribution in [2.45, 2.75) is 32.9 Å². The zero-order valence-corrected chi connectivity index (χ0v) is 14.5. The zero-order valence-electron chi connectivity index (χ0n) is 14.5. The number of carboxylic acid groups (broad SMARTS) is 1. The molecule has 0 aliphatic carbocycles. The number of aliphatic carboxylic acids is 1. The Hall–Kier alpha value is -2.89. The average molecular weight is 342 g/mol. The van der Waals surface area contributed by atoms with Crippen LogP contribution in [0.25, 0.3) is 0 Å². The molecule has 25 heavy (non-hydrogen) atoms. The summed E-state index contributed by atoms with van der Waals surface area (Å²) in [6.07, 6.45) is -0.0603. The first kappa shape index (κ1) is 18.4. The molecule has 1 aromatic heterocycles. The first-order valence-electron chi connectivity index (χ1n) is 8.11. The third-order valence-electron chi connectivity index (χ3n) is 3.65. The number of nitrogens with one attached hydrogen (secondary N) is 1. The largest absolute Gasteiger partial charge is 0.481 e. The number of amides is 1. The molecule has 1 amide bonds. The topological polar surface area (TPSA) is 88.5 Å². The van der Waals surface area contributed by atoms with E-state index in [1.165, 1.54) is 0 Å². The smallest absolute Gasteiger partial charge is 0.308 e. The van der Waals surface area contributed by atoms with Crippen LogP contribution in [-0.4, -0.2) is 28.1 Å². The minimum atomic E-state index is -0.987. The van der Waals surface area contributed by atoms with Gasteiger partial charge < -0.3 is 15.2 Å². The Labute approximate surface area is 146 Å². The van der Waals surface area contributed by atoms with E-state index in [1.54, 1.807) is 49.4 Å². The van der Waals surface area contributed by atoms with Crippen molar-refractivity contribution in [2.24, 2.45) is 5.92 Å². The van der Waals surface area contributed by atoms with Crippen molar-refractivity contribution in [1.29, 1.82) is 0 Å². The highest BCUT2D eigenvalue weighted by atomic mass is 16.5. The fraction of sp³-hybridized carbons (Fsp3) is 0.316. The van der Waals surface area contributed by atoms with E-state index in [0.29, 0.717) is 5.88 Å². The van der Waals surface area contributed by atoms with Crippen LogP contribution in [0.4, 0.5) is 0 Å². The van der Waals surface area contributed by atoms with Gasteiger partial charge in [0.2, 0.25) is 5.88 Å². The number of hydrogen-bond donors (Lipinski definition) is 2. The fourth-order valence-corrected chi connectivity index (χ4v) is 2.36. The van der Waals surface area contributed by atoms with E-state index in [-0.39, 0.29) is 11.8 Å². The van der Waals surface area contributed by atoms with Crippen LogP contribution >= 0.6 is 0 Å². The normalized spacial score (nSPS) is 13.1.